The number of alkyl halides is 2. The van der Waals surface area contributed by atoms with E-state index in [1.165, 1.54) is 19.2 Å². The van der Waals surface area contributed by atoms with Crippen LogP contribution in [0.4, 0.5) is 13.2 Å². The zero-order chi connectivity index (χ0) is 11.4. The summed E-state index contributed by atoms with van der Waals surface area (Å²) in [4.78, 5) is 0. The fourth-order valence-electron chi connectivity index (χ4n) is 1.19. The number of methoxy groups -OCH3 is 1. The van der Waals surface area contributed by atoms with E-state index in [1.54, 1.807) is 0 Å². The fraction of sp³-hybridized carbons (Fsp3) is 0.333. The SMILES string of the molecule is COc1ccc(C(NN)C(F)F)c(F)c1. The highest BCUT2D eigenvalue weighted by atomic mass is 19.3. The lowest BCUT2D eigenvalue weighted by Crippen LogP contribution is -2.33. The Hall–Kier alpha value is -1.27. The van der Waals surface area contributed by atoms with E-state index in [9.17, 15) is 13.2 Å². The van der Waals surface area contributed by atoms with Gasteiger partial charge in [-0.1, -0.05) is 6.07 Å². The Kier molecular flexibility index (Phi) is 3.93. The molecule has 84 valence electrons. The highest BCUT2D eigenvalue weighted by Crippen LogP contribution is 2.25. The van der Waals surface area contributed by atoms with Gasteiger partial charge < -0.3 is 4.74 Å². The topological polar surface area (TPSA) is 47.3 Å². The minimum Gasteiger partial charge on any atom is -0.497 e. The lowest BCUT2D eigenvalue weighted by atomic mass is 10.1. The molecule has 6 heteroatoms. The van der Waals surface area contributed by atoms with Crippen molar-refractivity contribution < 1.29 is 17.9 Å². The quantitative estimate of drug-likeness (QED) is 0.598. The molecule has 1 atom stereocenters. The van der Waals surface area contributed by atoms with Crippen molar-refractivity contribution in [2.24, 2.45) is 5.84 Å². The van der Waals surface area contributed by atoms with Gasteiger partial charge in [-0.2, -0.15) is 0 Å². The van der Waals surface area contributed by atoms with Crippen molar-refractivity contribution in [3.8, 4) is 5.75 Å². The summed E-state index contributed by atoms with van der Waals surface area (Å²) in [6, 6.07) is 2.12. The number of nitrogens with one attached hydrogen (secondary N) is 1. The fourth-order valence-corrected chi connectivity index (χ4v) is 1.19. The van der Waals surface area contributed by atoms with Gasteiger partial charge in [0.1, 0.15) is 17.6 Å². The number of hydrazine groups is 1. The highest BCUT2D eigenvalue weighted by Gasteiger charge is 2.24. The monoisotopic (exact) mass is 220 g/mol. The van der Waals surface area contributed by atoms with E-state index >= 15 is 0 Å². The van der Waals surface area contributed by atoms with Gasteiger partial charge in [0, 0.05) is 11.6 Å². The number of ether oxygens (including phenoxy) is 1. The first-order valence-electron chi connectivity index (χ1n) is 4.18. The van der Waals surface area contributed by atoms with Crippen LogP contribution < -0.4 is 16.0 Å². The molecule has 0 spiro atoms. The zero-order valence-corrected chi connectivity index (χ0v) is 8.01. The third kappa shape index (κ3) is 2.60. The molecule has 0 saturated heterocycles. The molecule has 15 heavy (non-hydrogen) atoms. The number of hydrogen-bond acceptors (Lipinski definition) is 3. The van der Waals surface area contributed by atoms with Gasteiger partial charge in [-0.25, -0.2) is 18.6 Å². The highest BCUT2D eigenvalue weighted by molar-refractivity contribution is 5.31. The second kappa shape index (κ2) is 4.99. The molecule has 0 aliphatic rings. The van der Waals surface area contributed by atoms with Crippen LogP contribution in [0.1, 0.15) is 11.6 Å². The molecule has 1 unspecified atom stereocenters. The summed E-state index contributed by atoms with van der Waals surface area (Å²) in [5.41, 5.74) is 1.68. The van der Waals surface area contributed by atoms with Gasteiger partial charge in [-0.3, -0.25) is 5.84 Å². The molecule has 3 N–H and O–H groups in total. The molecule has 0 radical (unpaired) electrons. The van der Waals surface area contributed by atoms with Crippen molar-refractivity contribution in [1.82, 2.24) is 5.43 Å². The van der Waals surface area contributed by atoms with E-state index in [2.05, 4.69) is 0 Å². The van der Waals surface area contributed by atoms with Crippen LogP contribution in [0, 0.1) is 5.82 Å². The van der Waals surface area contributed by atoms with E-state index in [0.29, 0.717) is 0 Å². The van der Waals surface area contributed by atoms with E-state index in [-0.39, 0.29) is 11.3 Å². The summed E-state index contributed by atoms with van der Waals surface area (Å²) in [5.74, 6) is 4.40. The van der Waals surface area contributed by atoms with Crippen molar-refractivity contribution in [3.63, 3.8) is 0 Å². The molecule has 1 aromatic carbocycles. The van der Waals surface area contributed by atoms with Crippen LogP contribution >= 0.6 is 0 Å². The lowest BCUT2D eigenvalue weighted by Gasteiger charge is -2.16. The van der Waals surface area contributed by atoms with Crippen molar-refractivity contribution in [1.29, 1.82) is 0 Å². The average molecular weight is 220 g/mol. The molecule has 3 nitrogen and oxygen atoms in total. The molecule has 1 aromatic rings. The molecule has 1 rings (SSSR count). The molecular formula is C9H11F3N2O. The van der Waals surface area contributed by atoms with Gasteiger partial charge in [-0.15, -0.1) is 0 Å². The Morgan fingerprint density at radius 1 is 1.40 bits per heavy atom. The first-order valence-corrected chi connectivity index (χ1v) is 4.18. The van der Waals surface area contributed by atoms with Gasteiger partial charge in [0.25, 0.3) is 6.43 Å². The largest absolute Gasteiger partial charge is 0.497 e. The Balaban J connectivity index is 3.03. The predicted molar refractivity (Wildman–Crippen MR) is 49.0 cm³/mol. The van der Waals surface area contributed by atoms with Crippen LogP contribution in [0.25, 0.3) is 0 Å². The third-order valence-corrected chi connectivity index (χ3v) is 1.97. The van der Waals surface area contributed by atoms with Crippen LogP contribution in [0.2, 0.25) is 0 Å². The summed E-state index contributed by atoms with van der Waals surface area (Å²) in [6.07, 6.45) is -2.78. The zero-order valence-electron chi connectivity index (χ0n) is 8.01. The van der Waals surface area contributed by atoms with Gasteiger partial charge in [0.15, 0.2) is 0 Å². The van der Waals surface area contributed by atoms with Crippen molar-refractivity contribution in [3.05, 3.63) is 29.6 Å². The normalized spacial score (nSPS) is 12.9. The maximum Gasteiger partial charge on any atom is 0.259 e. The number of hydrogen-bond donors (Lipinski definition) is 2. The average Bonchev–Trinajstić information content (AvgIpc) is 2.20. The number of halogens is 3. The van der Waals surface area contributed by atoms with Gasteiger partial charge in [0.2, 0.25) is 0 Å². The van der Waals surface area contributed by atoms with Crippen LogP contribution in [-0.4, -0.2) is 13.5 Å². The lowest BCUT2D eigenvalue weighted by molar-refractivity contribution is 0.0968. The Morgan fingerprint density at radius 3 is 2.47 bits per heavy atom. The van der Waals surface area contributed by atoms with Crippen molar-refractivity contribution in [2.45, 2.75) is 12.5 Å². The maximum atomic E-state index is 13.3. The van der Waals surface area contributed by atoms with E-state index < -0.39 is 18.3 Å². The molecule has 0 aliphatic carbocycles. The van der Waals surface area contributed by atoms with Crippen LogP contribution in [0.5, 0.6) is 5.75 Å². The molecule has 0 aromatic heterocycles. The van der Waals surface area contributed by atoms with Gasteiger partial charge in [-0.05, 0) is 6.07 Å². The van der Waals surface area contributed by atoms with E-state index in [1.807, 2.05) is 5.43 Å². The molecule has 0 saturated carbocycles. The summed E-state index contributed by atoms with van der Waals surface area (Å²) >= 11 is 0. The molecule has 0 aliphatic heterocycles. The first-order chi connectivity index (χ1) is 7.10. The van der Waals surface area contributed by atoms with Gasteiger partial charge in [0.05, 0.1) is 7.11 Å². The summed E-state index contributed by atoms with van der Waals surface area (Å²) in [6.45, 7) is 0. The second-order valence-electron chi connectivity index (χ2n) is 2.87. The van der Waals surface area contributed by atoms with Crippen LogP contribution in [0.3, 0.4) is 0 Å². The van der Waals surface area contributed by atoms with Gasteiger partial charge >= 0.3 is 0 Å². The van der Waals surface area contributed by atoms with Crippen molar-refractivity contribution in [2.75, 3.05) is 7.11 Å². The summed E-state index contributed by atoms with van der Waals surface area (Å²) in [5, 5.41) is 0. The number of benzene rings is 1. The molecule has 0 bridgehead atoms. The maximum absolute atomic E-state index is 13.3. The van der Waals surface area contributed by atoms with E-state index in [4.69, 9.17) is 10.6 Å². The number of nitrogens with two attached hydrogens (primary N) is 1. The molecule has 0 heterocycles. The first kappa shape index (κ1) is 11.8. The third-order valence-electron chi connectivity index (χ3n) is 1.97. The van der Waals surface area contributed by atoms with Crippen LogP contribution in [0.15, 0.2) is 18.2 Å². The van der Waals surface area contributed by atoms with Crippen molar-refractivity contribution >= 4 is 0 Å². The number of rotatable bonds is 4. The smallest absolute Gasteiger partial charge is 0.259 e. The minimum absolute atomic E-state index is 0.187. The Morgan fingerprint density at radius 2 is 2.07 bits per heavy atom. The molecule has 0 fully saturated rings. The second-order valence-corrected chi connectivity index (χ2v) is 2.87. The van der Waals surface area contributed by atoms with Crippen LogP contribution in [-0.2, 0) is 0 Å². The summed E-state index contributed by atoms with van der Waals surface area (Å²) < 4.78 is 42.9. The Bertz CT molecular complexity index is 333. The Labute approximate surface area is 85.0 Å². The standard InChI is InChI=1S/C9H11F3N2O/c1-15-5-2-3-6(7(10)4-5)8(14-13)9(11)12/h2-4,8-9,14H,13H2,1H3. The molecular weight excluding hydrogens is 209 g/mol. The minimum atomic E-state index is -2.78. The predicted octanol–water partition coefficient (Wildman–Crippen LogP) is 1.60. The molecule has 0 amide bonds. The van der Waals surface area contributed by atoms with E-state index in [0.717, 1.165) is 6.07 Å². The summed E-state index contributed by atoms with van der Waals surface area (Å²) in [7, 11) is 1.36.